The van der Waals surface area contributed by atoms with Gasteiger partial charge in [0.05, 0.1) is 12.3 Å². The van der Waals surface area contributed by atoms with Crippen molar-refractivity contribution in [1.82, 2.24) is 10.3 Å². The van der Waals surface area contributed by atoms with Gasteiger partial charge in [0.2, 0.25) is 0 Å². The van der Waals surface area contributed by atoms with E-state index in [1.165, 1.54) is 6.42 Å². The van der Waals surface area contributed by atoms with Crippen LogP contribution in [-0.2, 0) is 0 Å². The summed E-state index contributed by atoms with van der Waals surface area (Å²) in [7, 11) is 0. The summed E-state index contributed by atoms with van der Waals surface area (Å²) in [5.41, 5.74) is 1.33. The third kappa shape index (κ3) is 2.25. The average molecular weight is 212 g/mol. The van der Waals surface area contributed by atoms with Crippen molar-refractivity contribution in [3.8, 4) is 5.19 Å². The summed E-state index contributed by atoms with van der Waals surface area (Å²) in [6, 6.07) is 0. The summed E-state index contributed by atoms with van der Waals surface area (Å²) in [6.45, 7) is 7.18. The number of hydrogen-bond donors (Lipinski definition) is 1. The molecule has 0 aliphatic carbocycles. The summed E-state index contributed by atoms with van der Waals surface area (Å²) in [5, 5.41) is 6.18. The molecule has 1 aromatic heterocycles. The number of hydrogen-bond acceptors (Lipinski definition) is 4. The normalized spacial score (nSPS) is 26.7. The van der Waals surface area contributed by atoms with Crippen LogP contribution >= 0.6 is 11.3 Å². The maximum absolute atomic E-state index is 5.68. The summed E-state index contributed by atoms with van der Waals surface area (Å²) >= 11 is 1.58. The van der Waals surface area contributed by atoms with Gasteiger partial charge in [-0.1, -0.05) is 18.3 Å². The van der Waals surface area contributed by atoms with E-state index < -0.39 is 0 Å². The highest BCUT2D eigenvalue weighted by Crippen LogP contribution is 2.26. The van der Waals surface area contributed by atoms with Crippen molar-refractivity contribution in [2.45, 2.75) is 20.3 Å². The third-order valence-corrected chi connectivity index (χ3v) is 3.47. The molecular formula is C10H16N2OS. The van der Waals surface area contributed by atoms with Crippen LogP contribution in [0.2, 0.25) is 0 Å². The van der Waals surface area contributed by atoms with Crippen molar-refractivity contribution in [3.63, 3.8) is 0 Å². The molecule has 4 heteroatoms. The first kappa shape index (κ1) is 9.93. The number of ether oxygens (including phenoxy) is 1. The van der Waals surface area contributed by atoms with Crippen LogP contribution in [0.25, 0.3) is 0 Å². The highest BCUT2D eigenvalue weighted by Gasteiger charge is 2.29. The van der Waals surface area contributed by atoms with Gasteiger partial charge < -0.3 is 10.1 Å². The van der Waals surface area contributed by atoms with E-state index in [9.17, 15) is 0 Å². The lowest BCUT2D eigenvalue weighted by Crippen LogP contribution is -2.27. The smallest absolute Gasteiger partial charge is 0.273 e. The Morgan fingerprint density at radius 3 is 3.14 bits per heavy atom. The van der Waals surface area contributed by atoms with Crippen LogP contribution in [0.1, 0.15) is 19.0 Å². The topological polar surface area (TPSA) is 34.1 Å². The van der Waals surface area contributed by atoms with Crippen LogP contribution in [0.5, 0.6) is 5.19 Å². The van der Waals surface area contributed by atoms with Gasteiger partial charge in [0.25, 0.3) is 5.19 Å². The molecule has 0 radical (unpaired) electrons. The average Bonchev–Trinajstić information content (AvgIpc) is 2.73. The first-order valence-corrected chi connectivity index (χ1v) is 5.82. The maximum Gasteiger partial charge on any atom is 0.273 e. The molecule has 1 aromatic rings. The van der Waals surface area contributed by atoms with Crippen LogP contribution in [0, 0.1) is 12.3 Å². The molecular weight excluding hydrogens is 196 g/mol. The van der Waals surface area contributed by atoms with Crippen molar-refractivity contribution in [3.05, 3.63) is 11.1 Å². The van der Waals surface area contributed by atoms with E-state index in [0.29, 0.717) is 5.41 Å². The van der Waals surface area contributed by atoms with Gasteiger partial charge in [-0.15, -0.1) is 0 Å². The fourth-order valence-corrected chi connectivity index (χ4v) is 2.27. The van der Waals surface area contributed by atoms with Crippen molar-refractivity contribution in [1.29, 1.82) is 0 Å². The number of thiazole rings is 1. The van der Waals surface area contributed by atoms with Gasteiger partial charge >= 0.3 is 0 Å². The van der Waals surface area contributed by atoms with E-state index in [0.717, 1.165) is 30.6 Å². The summed E-state index contributed by atoms with van der Waals surface area (Å²) < 4.78 is 5.68. The Hall–Kier alpha value is -0.610. The Kier molecular flexibility index (Phi) is 2.74. The predicted molar refractivity (Wildman–Crippen MR) is 57.9 cm³/mol. The van der Waals surface area contributed by atoms with Gasteiger partial charge in [-0.05, 0) is 19.9 Å². The minimum absolute atomic E-state index is 0.291. The van der Waals surface area contributed by atoms with Gasteiger partial charge in [0, 0.05) is 17.3 Å². The molecule has 0 amide bonds. The lowest BCUT2D eigenvalue weighted by Gasteiger charge is -2.21. The number of nitrogens with one attached hydrogen (secondary N) is 1. The standard InChI is InChI=1S/C10H16N2OS/c1-8-5-14-9(12-8)13-7-10(2)3-4-11-6-10/h5,11H,3-4,6-7H2,1-2H3. The largest absolute Gasteiger partial charge is 0.469 e. The second kappa shape index (κ2) is 3.87. The van der Waals surface area contributed by atoms with Crippen molar-refractivity contribution in [2.24, 2.45) is 5.41 Å². The number of nitrogens with zero attached hydrogens (tertiary/aromatic N) is 1. The summed E-state index contributed by atoms with van der Waals surface area (Å²) in [6.07, 6.45) is 1.19. The maximum atomic E-state index is 5.68. The molecule has 1 aliphatic rings. The molecule has 14 heavy (non-hydrogen) atoms. The monoisotopic (exact) mass is 212 g/mol. The van der Waals surface area contributed by atoms with Crippen molar-refractivity contribution >= 4 is 11.3 Å². The van der Waals surface area contributed by atoms with Crippen LogP contribution in [-0.4, -0.2) is 24.7 Å². The first-order valence-electron chi connectivity index (χ1n) is 4.94. The Bertz CT molecular complexity index is 305. The Morgan fingerprint density at radius 1 is 1.71 bits per heavy atom. The van der Waals surface area contributed by atoms with Crippen LogP contribution in [0.4, 0.5) is 0 Å². The van der Waals surface area contributed by atoms with Crippen LogP contribution in [0.15, 0.2) is 5.38 Å². The molecule has 3 nitrogen and oxygen atoms in total. The van der Waals surface area contributed by atoms with E-state index in [-0.39, 0.29) is 0 Å². The number of aromatic nitrogens is 1. The minimum Gasteiger partial charge on any atom is -0.469 e. The predicted octanol–water partition coefficient (Wildman–Crippen LogP) is 1.83. The first-order chi connectivity index (χ1) is 6.68. The summed E-state index contributed by atoms with van der Waals surface area (Å²) in [4.78, 5) is 4.28. The van der Waals surface area contributed by atoms with Crippen molar-refractivity contribution in [2.75, 3.05) is 19.7 Å². The lowest BCUT2D eigenvalue weighted by molar-refractivity contribution is 0.180. The highest BCUT2D eigenvalue weighted by atomic mass is 32.1. The zero-order valence-corrected chi connectivity index (χ0v) is 9.49. The molecule has 1 fully saturated rings. The second-order valence-corrected chi connectivity index (χ2v) is 5.10. The van der Waals surface area contributed by atoms with Crippen molar-refractivity contribution < 1.29 is 4.74 Å². The summed E-state index contributed by atoms with van der Waals surface area (Å²) in [5.74, 6) is 0. The molecule has 78 valence electrons. The van der Waals surface area contributed by atoms with Gasteiger partial charge in [0.1, 0.15) is 0 Å². The Labute approximate surface area is 88.5 Å². The zero-order chi connectivity index (χ0) is 10.0. The molecule has 0 bridgehead atoms. The number of aryl methyl sites for hydroxylation is 1. The van der Waals surface area contributed by atoms with E-state index in [1.54, 1.807) is 11.3 Å². The lowest BCUT2D eigenvalue weighted by atomic mass is 9.91. The molecule has 0 saturated carbocycles. The Balaban J connectivity index is 1.87. The van der Waals surface area contributed by atoms with Gasteiger partial charge in [-0.25, -0.2) is 4.98 Å². The van der Waals surface area contributed by atoms with Gasteiger partial charge in [0.15, 0.2) is 0 Å². The molecule has 0 spiro atoms. The van der Waals surface area contributed by atoms with E-state index in [4.69, 9.17) is 4.74 Å². The molecule has 2 heterocycles. The fraction of sp³-hybridized carbons (Fsp3) is 0.700. The SMILES string of the molecule is Cc1csc(OCC2(C)CCNC2)n1. The third-order valence-electron chi connectivity index (χ3n) is 2.60. The van der Waals surface area contributed by atoms with Gasteiger partial charge in [-0.3, -0.25) is 0 Å². The molecule has 1 saturated heterocycles. The molecule has 1 aliphatic heterocycles. The van der Waals surface area contributed by atoms with E-state index in [1.807, 2.05) is 12.3 Å². The van der Waals surface area contributed by atoms with Gasteiger partial charge in [-0.2, -0.15) is 0 Å². The second-order valence-electron chi connectivity index (χ2n) is 4.28. The van der Waals surface area contributed by atoms with Crippen LogP contribution < -0.4 is 10.1 Å². The molecule has 1 N–H and O–H groups in total. The molecule has 2 rings (SSSR count). The highest BCUT2D eigenvalue weighted by molar-refractivity contribution is 7.11. The molecule has 1 unspecified atom stereocenters. The number of rotatable bonds is 3. The van der Waals surface area contributed by atoms with Crippen LogP contribution in [0.3, 0.4) is 0 Å². The van der Waals surface area contributed by atoms with E-state index >= 15 is 0 Å². The minimum atomic E-state index is 0.291. The zero-order valence-electron chi connectivity index (χ0n) is 8.67. The molecule has 1 atom stereocenters. The fourth-order valence-electron chi connectivity index (χ4n) is 1.63. The Morgan fingerprint density at radius 2 is 2.57 bits per heavy atom. The quantitative estimate of drug-likeness (QED) is 0.830. The van der Waals surface area contributed by atoms with E-state index in [2.05, 4.69) is 17.2 Å². The molecule has 0 aromatic carbocycles.